The van der Waals surface area contributed by atoms with Gasteiger partial charge in [-0.25, -0.2) is 0 Å². The van der Waals surface area contributed by atoms with Crippen molar-refractivity contribution in [2.45, 2.75) is 38.9 Å². The summed E-state index contributed by atoms with van der Waals surface area (Å²) in [5, 5.41) is 6.68. The second-order valence-electron chi connectivity index (χ2n) is 7.38. The number of rotatable bonds is 8. The molecular weight excluding hydrogens is 494 g/mol. The molecule has 1 aliphatic rings. The number of hydrogen-bond donors (Lipinski definition) is 2. The standard InChI is InChI=1S/C20H32F3N5.HI/c1-4-24-19(25-11-5-12-27(3)15-20(21,22)23)26-17-10-13-28(14-17)18-8-6-16(2)7-9-18;/h6-9,17H,4-5,10-15H2,1-3H3,(H2,24,25,26);1H. The number of benzene rings is 1. The summed E-state index contributed by atoms with van der Waals surface area (Å²) in [4.78, 5) is 8.16. The second-order valence-corrected chi connectivity index (χ2v) is 7.38. The van der Waals surface area contributed by atoms with Crippen molar-refractivity contribution in [2.75, 3.05) is 51.2 Å². The van der Waals surface area contributed by atoms with E-state index in [0.29, 0.717) is 25.6 Å². The van der Waals surface area contributed by atoms with Crippen molar-refractivity contribution in [3.8, 4) is 0 Å². The largest absolute Gasteiger partial charge is 0.401 e. The number of hydrogen-bond acceptors (Lipinski definition) is 3. The number of anilines is 1. The summed E-state index contributed by atoms with van der Waals surface area (Å²) in [5.41, 5.74) is 2.48. The van der Waals surface area contributed by atoms with Crippen LogP contribution >= 0.6 is 24.0 Å². The van der Waals surface area contributed by atoms with Crippen LogP contribution in [-0.4, -0.2) is 69.4 Å². The van der Waals surface area contributed by atoms with Gasteiger partial charge in [0.15, 0.2) is 5.96 Å². The Hall–Kier alpha value is -1.23. The third kappa shape index (κ3) is 9.88. The number of aliphatic imine (C=N–C) groups is 1. The molecule has 1 saturated heterocycles. The van der Waals surface area contributed by atoms with Gasteiger partial charge in [0.2, 0.25) is 0 Å². The van der Waals surface area contributed by atoms with E-state index in [-0.39, 0.29) is 24.0 Å². The molecule has 0 bridgehead atoms. The zero-order valence-electron chi connectivity index (χ0n) is 17.4. The van der Waals surface area contributed by atoms with Gasteiger partial charge >= 0.3 is 6.18 Å². The van der Waals surface area contributed by atoms with Gasteiger partial charge in [-0.3, -0.25) is 9.89 Å². The number of guanidine groups is 1. The summed E-state index contributed by atoms with van der Waals surface area (Å²) in [6.45, 7) is 6.70. The molecule has 0 saturated carbocycles. The van der Waals surface area contributed by atoms with E-state index in [1.54, 1.807) is 0 Å². The highest BCUT2D eigenvalue weighted by atomic mass is 127. The number of nitrogens with zero attached hydrogens (tertiary/aromatic N) is 3. The zero-order valence-corrected chi connectivity index (χ0v) is 19.8. The average Bonchev–Trinajstić information content (AvgIpc) is 3.06. The van der Waals surface area contributed by atoms with E-state index in [0.717, 1.165) is 32.0 Å². The molecule has 166 valence electrons. The lowest BCUT2D eigenvalue weighted by molar-refractivity contribution is -0.143. The van der Waals surface area contributed by atoms with Crippen molar-refractivity contribution in [1.29, 1.82) is 0 Å². The molecule has 29 heavy (non-hydrogen) atoms. The van der Waals surface area contributed by atoms with Crippen LogP contribution in [0.5, 0.6) is 0 Å². The lowest BCUT2D eigenvalue weighted by Gasteiger charge is -2.21. The normalized spacial score (nSPS) is 17.4. The molecule has 0 aliphatic carbocycles. The van der Waals surface area contributed by atoms with Gasteiger partial charge in [0.25, 0.3) is 0 Å². The van der Waals surface area contributed by atoms with E-state index in [1.807, 2.05) is 6.92 Å². The van der Waals surface area contributed by atoms with Crippen LogP contribution in [0.25, 0.3) is 0 Å². The van der Waals surface area contributed by atoms with E-state index in [4.69, 9.17) is 0 Å². The Morgan fingerprint density at radius 3 is 2.59 bits per heavy atom. The molecule has 1 atom stereocenters. The molecule has 0 amide bonds. The molecule has 2 rings (SSSR count). The SMILES string of the molecule is CCNC(=NCCCN(C)CC(F)(F)F)NC1CCN(c2ccc(C)cc2)C1.I. The molecule has 1 fully saturated rings. The first-order valence-corrected chi connectivity index (χ1v) is 9.88. The maximum absolute atomic E-state index is 12.4. The highest BCUT2D eigenvalue weighted by Crippen LogP contribution is 2.20. The summed E-state index contributed by atoms with van der Waals surface area (Å²) in [6.07, 6.45) is -2.55. The van der Waals surface area contributed by atoms with Crippen molar-refractivity contribution in [3.63, 3.8) is 0 Å². The molecule has 1 aromatic rings. The third-order valence-corrected chi connectivity index (χ3v) is 4.69. The smallest absolute Gasteiger partial charge is 0.369 e. The second kappa shape index (κ2) is 12.5. The van der Waals surface area contributed by atoms with Gasteiger partial charge in [0, 0.05) is 37.9 Å². The predicted octanol–water partition coefficient (Wildman–Crippen LogP) is 3.63. The minimum Gasteiger partial charge on any atom is -0.369 e. The predicted molar refractivity (Wildman–Crippen MR) is 124 cm³/mol. The Morgan fingerprint density at radius 1 is 1.28 bits per heavy atom. The Balaban J connectivity index is 0.00000420. The minimum absolute atomic E-state index is 0. The van der Waals surface area contributed by atoms with Gasteiger partial charge in [-0.15, -0.1) is 24.0 Å². The molecule has 0 spiro atoms. The Bertz CT molecular complexity index is 622. The van der Waals surface area contributed by atoms with Crippen molar-refractivity contribution in [2.24, 2.45) is 4.99 Å². The summed E-state index contributed by atoms with van der Waals surface area (Å²) in [5.74, 6) is 0.733. The Labute approximate surface area is 189 Å². The van der Waals surface area contributed by atoms with Gasteiger partial charge in [0.05, 0.1) is 6.54 Å². The molecule has 2 N–H and O–H groups in total. The lowest BCUT2D eigenvalue weighted by atomic mass is 10.2. The van der Waals surface area contributed by atoms with E-state index in [1.165, 1.54) is 23.2 Å². The zero-order chi connectivity index (χ0) is 20.6. The topological polar surface area (TPSA) is 42.9 Å². The third-order valence-electron chi connectivity index (χ3n) is 4.69. The van der Waals surface area contributed by atoms with E-state index >= 15 is 0 Å². The fraction of sp³-hybridized carbons (Fsp3) is 0.650. The molecule has 1 heterocycles. The fourth-order valence-electron chi connectivity index (χ4n) is 3.30. The van der Waals surface area contributed by atoms with Crippen molar-refractivity contribution >= 4 is 35.6 Å². The highest BCUT2D eigenvalue weighted by molar-refractivity contribution is 14.0. The van der Waals surface area contributed by atoms with E-state index < -0.39 is 12.7 Å². The van der Waals surface area contributed by atoms with Crippen LogP contribution in [0, 0.1) is 6.92 Å². The van der Waals surface area contributed by atoms with Gasteiger partial charge < -0.3 is 15.5 Å². The van der Waals surface area contributed by atoms with Crippen molar-refractivity contribution < 1.29 is 13.2 Å². The molecule has 1 aromatic carbocycles. The lowest BCUT2D eigenvalue weighted by Crippen LogP contribution is -2.44. The molecule has 5 nitrogen and oxygen atoms in total. The first-order valence-electron chi connectivity index (χ1n) is 9.88. The number of nitrogens with one attached hydrogen (secondary N) is 2. The maximum atomic E-state index is 12.4. The van der Waals surface area contributed by atoms with Gasteiger partial charge in [-0.05, 0) is 52.4 Å². The summed E-state index contributed by atoms with van der Waals surface area (Å²) in [6, 6.07) is 8.84. The minimum atomic E-state index is -4.15. The van der Waals surface area contributed by atoms with Crippen LogP contribution < -0.4 is 15.5 Å². The summed E-state index contributed by atoms with van der Waals surface area (Å²) in [7, 11) is 1.48. The Kier molecular flexibility index (Phi) is 11.1. The number of aryl methyl sites for hydroxylation is 1. The number of halogens is 4. The number of alkyl halides is 3. The molecule has 1 aliphatic heterocycles. The van der Waals surface area contributed by atoms with Crippen LogP contribution in [0.3, 0.4) is 0 Å². The molecular formula is C20H33F3IN5. The average molecular weight is 527 g/mol. The Morgan fingerprint density at radius 2 is 1.97 bits per heavy atom. The summed E-state index contributed by atoms with van der Waals surface area (Å²) >= 11 is 0. The summed E-state index contributed by atoms with van der Waals surface area (Å²) < 4.78 is 37.1. The molecule has 1 unspecified atom stereocenters. The molecule has 0 aromatic heterocycles. The fourth-order valence-corrected chi connectivity index (χ4v) is 3.30. The van der Waals surface area contributed by atoms with Gasteiger partial charge in [-0.1, -0.05) is 17.7 Å². The molecule has 0 radical (unpaired) electrons. The highest BCUT2D eigenvalue weighted by Gasteiger charge is 2.28. The van der Waals surface area contributed by atoms with E-state index in [2.05, 4.69) is 51.7 Å². The first kappa shape index (κ1) is 25.8. The monoisotopic (exact) mass is 527 g/mol. The van der Waals surface area contributed by atoms with Gasteiger partial charge in [-0.2, -0.15) is 13.2 Å². The van der Waals surface area contributed by atoms with Crippen LogP contribution in [0.2, 0.25) is 0 Å². The van der Waals surface area contributed by atoms with Crippen molar-refractivity contribution in [1.82, 2.24) is 15.5 Å². The van der Waals surface area contributed by atoms with Gasteiger partial charge in [0.1, 0.15) is 0 Å². The van der Waals surface area contributed by atoms with Crippen LogP contribution in [0.4, 0.5) is 18.9 Å². The van der Waals surface area contributed by atoms with Crippen LogP contribution in [0.1, 0.15) is 25.3 Å². The maximum Gasteiger partial charge on any atom is 0.401 e. The van der Waals surface area contributed by atoms with E-state index in [9.17, 15) is 13.2 Å². The van der Waals surface area contributed by atoms with Crippen LogP contribution in [-0.2, 0) is 0 Å². The quantitative estimate of drug-likeness (QED) is 0.235. The van der Waals surface area contributed by atoms with Crippen LogP contribution in [0.15, 0.2) is 29.3 Å². The first-order chi connectivity index (χ1) is 13.3. The molecule has 9 heteroatoms. The van der Waals surface area contributed by atoms with Crippen molar-refractivity contribution in [3.05, 3.63) is 29.8 Å².